The van der Waals surface area contributed by atoms with Crippen LogP contribution in [0.1, 0.15) is 33.8 Å². The van der Waals surface area contributed by atoms with Crippen molar-refractivity contribution in [3.8, 4) is 11.5 Å². The number of aromatic nitrogens is 1. The van der Waals surface area contributed by atoms with E-state index in [1.165, 1.54) is 7.05 Å². The summed E-state index contributed by atoms with van der Waals surface area (Å²) in [6.07, 6.45) is -2.47. The molecule has 3 aromatic rings. The van der Waals surface area contributed by atoms with Crippen molar-refractivity contribution < 1.29 is 30.0 Å². The number of carbonyl (C=O) groups excluding carboxylic acids is 2. The Morgan fingerprint density at radius 1 is 1.24 bits per heavy atom. The van der Waals surface area contributed by atoms with Crippen LogP contribution < -0.4 is 9.47 Å². The van der Waals surface area contributed by atoms with Crippen LogP contribution in [-0.4, -0.2) is 53.0 Å². The third-order valence-corrected chi connectivity index (χ3v) is 5.24. The Morgan fingerprint density at radius 3 is 2.97 bits per heavy atom. The number of aromatic amines is 1. The Bertz CT molecular complexity index is 1560. The lowest BCUT2D eigenvalue weighted by Crippen LogP contribution is -2.62. The summed E-state index contributed by atoms with van der Waals surface area (Å²) in [7, 11) is 1.35. The first-order chi connectivity index (χ1) is 17.2. The molecule has 7 heteroatoms. The van der Waals surface area contributed by atoms with Crippen LogP contribution in [0.15, 0.2) is 42.4 Å². The molecule has 0 unspecified atom stereocenters. The van der Waals surface area contributed by atoms with Gasteiger partial charge < -0.3 is 24.3 Å². The number of ether oxygens (including phenoxy) is 2. The summed E-state index contributed by atoms with van der Waals surface area (Å²) in [4.78, 5) is 31.6. The largest absolute Gasteiger partial charge is 0.454 e. The predicted octanol–water partition coefficient (Wildman–Crippen LogP) is 2.21. The maximum absolute atomic E-state index is 13.5. The van der Waals surface area contributed by atoms with E-state index in [0.717, 1.165) is 9.80 Å². The number of likely N-dealkylation sites (N-methyl/N-ethyl adjacent to an activating group) is 1. The van der Waals surface area contributed by atoms with Crippen LogP contribution >= 0.6 is 0 Å². The Kier molecular flexibility index (Phi) is 2.05. The predicted molar refractivity (Wildman–Crippen MR) is 105 cm³/mol. The highest BCUT2D eigenvalue weighted by Crippen LogP contribution is 2.44. The standard InChI is InChI=1S/C22H19N3O4/c1-24-10-19(26)25-16(22(24)27)9-14-13-4-2-3-5-15(13)23-20(14)21(25)12-6-7-17-18(8-12)29-11-28-17/h2-8,16,21,23H,9-11H2,1H3/t16-,21-/m1/s1/i6D,7D,8D,9D2,11D2,21D. The van der Waals surface area contributed by atoms with Crippen LogP contribution in [0.4, 0.5) is 0 Å². The van der Waals surface area contributed by atoms with Gasteiger partial charge in [-0.2, -0.15) is 0 Å². The molecule has 0 bridgehead atoms. The van der Waals surface area contributed by atoms with Gasteiger partial charge in [-0.15, -0.1) is 0 Å². The second-order valence-corrected chi connectivity index (χ2v) is 6.97. The molecule has 2 atom stereocenters. The lowest BCUT2D eigenvalue weighted by atomic mass is 9.86. The third kappa shape index (κ3) is 2.24. The monoisotopic (exact) mass is 397 g/mol. The van der Waals surface area contributed by atoms with Gasteiger partial charge >= 0.3 is 0 Å². The Labute approximate surface area is 178 Å². The average molecular weight is 397 g/mol. The number of hydrogen-bond donors (Lipinski definition) is 1. The van der Waals surface area contributed by atoms with E-state index in [-0.39, 0.29) is 11.3 Å². The number of nitrogens with one attached hydrogen (secondary N) is 1. The van der Waals surface area contributed by atoms with Crippen molar-refractivity contribution in [2.75, 3.05) is 20.3 Å². The van der Waals surface area contributed by atoms with Crippen LogP contribution in [-0.2, 0) is 16.0 Å². The smallest absolute Gasteiger partial charge is 0.245 e. The second kappa shape index (κ2) is 5.76. The molecule has 2 aromatic carbocycles. The molecule has 0 aliphatic carbocycles. The summed E-state index contributed by atoms with van der Waals surface area (Å²) in [6.45, 7) is -3.20. The molecule has 0 saturated carbocycles. The lowest BCUT2D eigenvalue weighted by Gasteiger charge is -2.46. The van der Waals surface area contributed by atoms with Crippen LogP contribution in [0.2, 0.25) is 0 Å². The third-order valence-electron chi connectivity index (χ3n) is 5.24. The summed E-state index contributed by atoms with van der Waals surface area (Å²) in [5.74, 6) is -2.58. The first kappa shape index (κ1) is 10.3. The van der Waals surface area contributed by atoms with Gasteiger partial charge in [0.1, 0.15) is 8.78 Å². The molecule has 3 aliphatic rings. The van der Waals surface area contributed by atoms with Crippen LogP contribution in [0, 0.1) is 0 Å². The number of para-hydroxylation sites is 1. The molecule has 29 heavy (non-hydrogen) atoms. The molecular formula is C22H19N3O4. The van der Waals surface area contributed by atoms with Crippen molar-refractivity contribution in [3.05, 3.63) is 59.2 Å². The number of H-pyrrole nitrogens is 1. The number of carbonyl (C=O) groups is 2. The van der Waals surface area contributed by atoms with Gasteiger partial charge in [-0.3, -0.25) is 9.59 Å². The SMILES string of the molecule is [2H]c1c([2H])c([C@]2([2H])c3[nH]c4ccccc4c3C([2H])([2H])[C@@H]3C(=O)N(C)CC(=O)N32)c([2H])c2c1OC([2H])([2H])O2. The van der Waals surface area contributed by atoms with Crippen molar-refractivity contribution in [1.82, 2.24) is 14.8 Å². The highest BCUT2D eigenvalue weighted by atomic mass is 16.7. The van der Waals surface area contributed by atoms with Crippen molar-refractivity contribution in [3.63, 3.8) is 0 Å². The second-order valence-electron chi connectivity index (χ2n) is 6.97. The number of rotatable bonds is 1. The van der Waals surface area contributed by atoms with Crippen LogP contribution in [0.3, 0.4) is 0 Å². The van der Waals surface area contributed by atoms with E-state index in [9.17, 15) is 11.0 Å². The molecule has 4 heterocycles. The Morgan fingerprint density at radius 2 is 2.07 bits per heavy atom. The molecule has 6 rings (SSSR count). The zero-order chi connectivity index (χ0) is 26.8. The van der Waals surface area contributed by atoms with Gasteiger partial charge in [0.15, 0.2) is 11.5 Å². The van der Waals surface area contributed by atoms with Gasteiger partial charge in [0.25, 0.3) is 0 Å². The van der Waals surface area contributed by atoms with Gasteiger partial charge in [-0.25, -0.2) is 0 Å². The van der Waals surface area contributed by atoms with Crippen molar-refractivity contribution in [2.24, 2.45) is 0 Å². The molecule has 3 aliphatic heterocycles. The van der Waals surface area contributed by atoms with E-state index in [4.69, 9.17) is 19.1 Å². The number of nitrogens with zero attached hydrogens (tertiary/aromatic N) is 2. The van der Waals surface area contributed by atoms with Gasteiger partial charge in [-0.05, 0) is 29.3 Å². The molecule has 146 valence electrons. The van der Waals surface area contributed by atoms with Gasteiger partial charge in [0, 0.05) is 32.8 Å². The highest BCUT2D eigenvalue weighted by Gasteiger charge is 2.47. The molecule has 1 fully saturated rings. The zero-order valence-corrected chi connectivity index (χ0v) is 15.1. The minimum Gasteiger partial charge on any atom is -0.454 e. The fourth-order valence-corrected chi connectivity index (χ4v) is 3.92. The van der Waals surface area contributed by atoms with E-state index < -0.39 is 78.7 Å². The molecule has 1 N–H and O–H groups in total. The van der Waals surface area contributed by atoms with Crippen molar-refractivity contribution in [1.29, 1.82) is 0 Å². The molecule has 1 aromatic heterocycles. The van der Waals surface area contributed by atoms with E-state index >= 15 is 0 Å². The summed E-state index contributed by atoms with van der Waals surface area (Å²) in [5, 5.41) is 0.355. The number of amides is 2. The molecule has 0 radical (unpaired) electrons. The van der Waals surface area contributed by atoms with E-state index in [1.807, 2.05) is 0 Å². The molecule has 2 amide bonds. The summed E-state index contributed by atoms with van der Waals surface area (Å²) in [5.41, 5.74) is -0.392. The van der Waals surface area contributed by atoms with Crippen LogP contribution in [0.25, 0.3) is 10.9 Å². The normalized spacial score (nSPS) is 32.8. The van der Waals surface area contributed by atoms with Gasteiger partial charge in [-0.1, -0.05) is 24.2 Å². The molecular weight excluding hydrogens is 370 g/mol. The first-order valence-electron chi connectivity index (χ1n) is 12.9. The maximum Gasteiger partial charge on any atom is 0.245 e. The van der Waals surface area contributed by atoms with E-state index in [1.54, 1.807) is 24.3 Å². The van der Waals surface area contributed by atoms with E-state index in [2.05, 4.69) is 4.98 Å². The van der Waals surface area contributed by atoms with E-state index in [0.29, 0.717) is 10.9 Å². The summed E-state index contributed by atoms with van der Waals surface area (Å²) < 4.78 is 79.2. The summed E-state index contributed by atoms with van der Waals surface area (Å²) >= 11 is 0. The number of fused-ring (bicyclic) bond motifs is 5. The van der Waals surface area contributed by atoms with Gasteiger partial charge in [0.05, 0.1) is 18.0 Å². The lowest BCUT2D eigenvalue weighted by molar-refractivity contribution is -0.157. The Hall–Kier alpha value is -3.48. The average Bonchev–Trinajstić information content (AvgIpc) is 3.37. The number of benzene rings is 2. The van der Waals surface area contributed by atoms with Gasteiger partial charge in [0.2, 0.25) is 18.6 Å². The van der Waals surface area contributed by atoms with Crippen LogP contribution in [0.5, 0.6) is 11.5 Å². The number of hydrogen-bond acceptors (Lipinski definition) is 4. The zero-order valence-electron chi connectivity index (χ0n) is 23.1. The topological polar surface area (TPSA) is 74.9 Å². The quantitative estimate of drug-likeness (QED) is 0.683. The molecule has 7 nitrogen and oxygen atoms in total. The highest BCUT2D eigenvalue weighted by molar-refractivity contribution is 5.97. The number of piperazine rings is 1. The minimum atomic E-state index is -2.73. The minimum absolute atomic E-state index is 0.0749. The first-order valence-corrected chi connectivity index (χ1v) is 8.93. The molecule has 0 spiro atoms. The fraction of sp³-hybridized carbons (Fsp3) is 0.273. The fourth-order valence-electron chi connectivity index (χ4n) is 3.92. The van der Waals surface area contributed by atoms with Crippen molar-refractivity contribution >= 4 is 22.7 Å². The Balaban J connectivity index is 1.76. The maximum atomic E-state index is 13.5. The summed E-state index contributed by atoms with van der Waals surface area (Å²) in [6, 6.07) is 0.132. The van der Waals surface area contributed by atoms with Crippen molar-refractivity contribution in [2.45, 2.75) is 18.4 Å². The molecule has 1 saturated heterocycles.